The number of hydrogen-bond donors (Lipinski definition) is 0. The highest BCUT2D eigenvalue weighted by Gasteiger charge is 2.17. The molecule has 9 rings (SSSR count). The highest BCUT2D eigenvalue weighted by atomic mass is 32.1. The maximum absolute atomic E-state index is 4.96. The van der Waals surface area contributed by atoms with Crippen LogP contribution in [0.2, 0.25) is 0 Å². The summed E-state index contributed by atoms with van der Waals surface area (Å²) < 4.78 is 2.67. The monoisotopic (exact) mass is 565 g/mol. The summed E-state index contributed by atoms with van der Waals surface area (Å²) in [5.41, 5.74) is 2.90. The Balaban J connectivity index is 1.30. The molecule has 0 aliphatic carbocycles. The van der Waals surface area contributed by atoms with E-state index in [1.54, 1.807) is 0 Å². The van der Waals surface area contributed by atoms with Gasteiger partial charge >= 0.3 is 0 Å². The molecule has 0 aliphatic heterocycles. The Morgan fingerprint density at radius 1 is 0.372 bits per heavy atom. The topological polar surface area (TPSA) is 38.7 Å². The van der Waals surface area contributed by atoms with Gasteiger partial charge in [-0.3, -0.25) is 0 Å². The molecule has 9 aromatic rings. The van der Waals surface area contributed by atoms with Crippen molar-refractivity contribution >= 4 is 63.8 Å². The third kappa shape index (κ3) is 3.84. The lowest BCUT2D eigenvalue weighted by Gasteiger charge is -2.12. The molecule has 0 atom stereocenters. The van der Waals surface area contributed by atoms with E-state index in [1.165, 1.54) is 52.5 Å². The molecule has 0 fully saturated rings. The number of fused-ring (bicyclic) bond motifs is 10. The molecule has 2 heterocycles. The van der Waals surface area contributed by atoms with Gasteiger partial charge in [-0.2, -0.15) is 0 Å². The molecule has 0 amide bonds. The number of rotatable bonds is 3. The van der Waals surface area contributed by atoms with Crippen LogP contribution in [0.25, 0.3) is 86.7 Å². The normalized spacial score (nSPS) is 11.7. The lowest BCUT2D eigenvalue weighted by Crippen LogP contribution is -2.00. The van der Waals surface area contributed by atoms with Gasteiger partial charge in [-0.25, -0.2) is 15.0 Å². The van der Waals surface area contributed by atoms with E-state index >= 15 is 0 Å². The molecule has 0 saturated carbocycles. The van der Waals surface area contributed by atoms with Crippen molar-refractivity contribution in [2.45, 2.75) is 0 Å². The zero-order valence-electron chi connectivity index (χ0n) is 23.0. The van der Waals surface area contributed by atoms with Crippen LogP contribution in [0.5, 0.6) is 0 Å². The van der Waals surface area contributed by atoms with Crippen LogP contribution in [-0.2, 0) is 0 Å². The van der Waals surface area contributed by atoms with Gasteiger partial charge in [-0.15, -0.1) is 11.3 Å². The standard InChI is InChI=1S/C39H23N3S/c1-3-11-24(12-4-1)37-40-38(25-13-5-2-6-14-25)42-39(41-37)27-20-21-28-26(23-27)19-22-32-34(28)29-15-7-8-16-30(29)35-31-17-9-10-18-33(31)43-36(32)35/h1-23H. The summed E-state index contributed by atoms with van der Waals surface area (Å²) in [5, 5.41) is 10.3. The van der Waals surface area contributed by atoms with Crippen molar-refractivity contribution in [2.24, 2.45) is 0 Å². The predicted octanol–water partition coefficient (Wildman–Crippen LogP) is 10.7. The zero-order chi connectivity index (χ0) is 28.3. The predicted molar refractivity (Wildman–Crippen MR) is 182 cm³/mol. The smallest absolute Gasteiger partial charge is 0.164 e. The Hall–Kier alpha value is -5.45. The molecule has 2 aromatic heterocycles. The zero-order valence-corrected chi connectivity index (χ0v) is 23.8. The van der Waals surface area contributed by atoms with Crippen molar-refractivity contribution in [3.05, 3.63) is 140 Å². The highest BCUT2D eigenvalue weighted by Crippen LogP contribution is 2.45. The fourth-order valence-corrected chi connectivity index (χ4v) is 7.56. The van der Waals surface area contributed by atoms with Crippen LogP contribution in [-0.4, -0.2) is 15.0 Å². The van der Waals surface area contributed by atoms with Crippen molar-refractivity contribution in [1.82, 2.24) is 15.0 Å². The molecule has 200 valence electrons. The summed E-state index contributed by atoms with van der Waals surface area (Å²) in [6, 6.07) is 49.0. The molecule has 0 unspecified atom stereocenters. The first-order valence-corrected chi connectivity index (χ1v) is 15.2. The van der Waals surface area contributed by atoms with Crippen molar-refractivity contribution in [3.8, 4) is 34.2 Å². The minimum atomic E-state index is 0.666. The van der Waals surface area contributed by atoms with Crippen molar-refractivity contribution < 1.29 is 0 Å². The first-order valence-electron chi connectivity index (χ1n) is 14.4. The lowest BCUT2D eigenvalue weighted by atomic mass is 9.93. The van der Waals surface area contributed by atoms with Gasteiger partial charge in [0.1, 0.15) is 0 Å². The van der Waals surface area contributed by atoms with E-state index < -0.39 is 0 Å². The van der Waals surface area contributed by atoms with Gasteiger partial charge in [0.2, 0.25) is 0 Å². The fourth-order valence-electron chi connectivity index (χ4n) is 6.31. The van der Waals surface area contributed by atoms with E-state index in [9.17, 15) is 0 Å². The summed E-state index contributed by atoms with van der Waals surface area (Å²) in [7, 11) is 0. The number of benzene rings is 7. The van der Waals surface area contributed by atoms with Gasteiger partial charge in [-0.05, 0) is 39.1 Å². The molecule has 0 spiro atoms. The highest BCUT2D eigenvalue weighted by molar-refractivity contribution is 7.27. The quantitative estimate of drug-likeness (QED) is 0.200. The first-order chi connectivity index (χ1) is 21.3. The molecule has 0 radical (unpaired) electrons. The minimum Gasteiger partial charge on any atom is -0.208 e. The average Bonchev–Trinajstić information content (AvgIpc) is 3.48. The average molecular weight is 566 g/mol. The van der Waals surface area contributed by atoms with E-state index in [0.29, 0.717) is 17.5 Å². The molecule has 7 aromatic carbocycles. The third-order valence-electron chi connectivity index (χ3n) is 8.28. The second-order valence-electron chi connectivity index (χ2n) is 10.8. The first kappa shape index (κ1) is 24.2. The molecule has 4 heteroatoms. The number of nitrogens with zero attached hydrogens (tertiary/aromatic N) is 3. The summed E-state index contributed by atoms with van der Waals surface area (Å²) >= 11 is 1.89. The molecule has 0 bridgehead atoms. The number of aromatic nitrogens is 3. The van der Waals surface area contributed by atoms with Crippen LogP contribution >= 0.6 is 11.3 Å². The number of thiophene rings is 1. The molecule has 0 aliphatic rings. The van der Waals surface area contributed by atoms with Crippen LogP contribution in [0.3, 0.4) is 0 Å². The van der Waals surface area contributed by atoms with Gasteiger partial charge in [0.05, 0.1) is 0 Å². The maximum atomic E-state index is 4.96. The van der Waals surface area contributed by atoms with E-state index in [4.69, 9.17) is 15.0 Å². The van der Waals surface area contributed by atoms with Crippen molar-refractivity contribution in [3.63, 3.8) is 0 Å². The van der Waals surface area contributed by atoms with Crippen LogP contribution in [0.15, 0.2) is 140 Å². The molecule has 3 nitrogen and oxygen atoms in total. The van der Waals surface area contributed by atoms with Gasteiger partial charge in [0.25, 0.3) is 0 Å². The molecular weight excluding hydrogens is 543 g/mol. The van der Waals surface area contributed by atoms with Crippen LogP contribution in [0, 0.1) is 0 Å². The van der Waals surface area contributed by atoms with Gasteiger partial charge in [0.15, 0.2) is 17.5 Å². The van der Waals surface area contributed by atoms with E-state index in [1.807, 2.05) is 72.0 Å². The molecule has 0 N–H and O–H groups in total. The second kappa shape index (κ2) is 9.55. The van der Waals surface area contributed by atoms with Crippen molar-refractivity contribution in [1.29, 1.82) is 0 Å². The Morgan fingerprint density at radius 3 is 1.58 bits per heavy atom. The molecule has 0 saturated heterocycles. The summed E-state index contributed by atoms with van der Waals surface area (Å²) in [5.74, 6) is 2.00. The fraction of sp³-hybridized carbons (Fsp3) is 0. The lowest BCUT2D eigenvalue weighted by molar-refractivity contribution is 1.07. The molecular formula is C39H23N3S. The summed E-state index contributed by atoms with van der Waals surface area (Å²) in [6.07, 6.45) is 0. The minimum absolute atomic E-state index is 0.666. The Labute approximate surface area is 251 Å². The SMILES string of the molecule is c1ccc(-c2nc(-c3ccccc3)nc(-c3ccc4c(ccc5c6sc7ccccc7c6c6ccccc6c45)c3)n2)cc1. The van der Waals surface area contributed by atoms with Gasteiger partial charge in [-0.1, -0.05) is 127 Å². The van der Waals surface area contributed by atoms with E-state index in [2.05, 4.69) is 78.9 Å². The Bertz CT molecular complexity index is 2440. The molecule has 43 heavy (non-hydrogen) atoms. The van der Waals surface area contributed by atoms with E-state index in [-0.39, 0.29) is 0 Å². The largest absolute Gasteiger partial charge is 0.208 e. The van der Waals surface area contributed by atoms with Gasteiger partial charge in [0, 0.05) is 42.2 Å². The number of hydrogen-bond acceptors (Lipinski definition) is 4. The summed E-state index contributed by atoms with van der Waals surface area (Å²) in [6.45, 7) is 0. The third-order valence-corrected chi connectivity index (χ3v) is 9.49. The van der Waals surface area contributed by atoms with E-state index in [0.717, 1.165) is 16.7 Å². The Kier molecular flexibility index (Phi) is 5.37. The maximum Gasteiger partial charge on any atom is 0.164 e. The van der Waals surface area contributed by atoms with Crippen LogP contribution < -0.4 is 0 Å². The Morgan fingerprint density at radius 2 is 0.907 bits per heavy atom. The van der Waals surface area contributed by atoms with Crippen LogP contribution in [0.1, 0.15) is 0 Å². The second-order valence-corrected chi connectivity index (χ2v) is 11.9. The van der Waals surface area contributed by atoms with Crippen molar-refractivity contribution in [2.75, 3.05) is 0 Å². The van der Waals surface area contributed by atoms with Crippen LogP contribution in [0.4, 0.5) is 0 Å². The van der Waals surface area contributed by atoms with Gasteiger partial charge < -0.3 is 0 Å². The summed E-state index contributed by atoms with van der Waals surface area (Å²) in [4.78, 5) is 14.8.